The number of aryl methyl sites for hydroxylation is 1. The Morgan fingerprint density at radius 1 is 1.43 bits per heavy atom. The van der Waals surface area contributed by atoms with Crippen LogP contribution in [0.2, 0.25) is 0 Å². The van der Waals surface area contributed by atoms with E-state index in [0.29, 0.717) is 0 Å². The lowest BCUT2D eigenvalue weighted by Crippen LogP contribution is -2.31. The Balaban J connectivity index is 1.96. The third kappa shape index (κ3) is 2.71. The molecule has 3 rings (SSSR count). The van der Waals surface area contributed by atoms with Crippen molar-refractivity contribution in [3.63, 3.8) is 0 Å². The van der Waals surface area contributed by atoms with E-state index in [9.17, 15) is 0 Å². The Morgan fingerprint density at radius 2 is 2.29 bits per heavy atom. The highest BCUT2D eigenvalue weighted by Gasteiger charge is 2.31. The number of likely N-dealkylation sites (N-methyl/N-ethyl adjacent to an activating group) is 1. The van der Waals surface area contributed by atoms with Crippen molar-refractivity contribution in [2.75, 3.05) is 13.7 Å². The second kappa shape index (κ2) is 6.37. The molecule has 2 unspecified atom stereocenters. The van der Waals surface area contributed by atoms with Crippen LogP contribution in [-0.2, 0) is 17.7 Å². The Hall–Kier alpha value is -1.72. The number of benzene rings is 1. The van der Waals surface area contributed by atoms with Crippen LogP contribution >= 0.6 is 0 Å². The zero-order valence-corrected chi connectivity index (χ0v) is 12.6. The molecule has 0 aliphatic carbocycles. The minimum atomic E-state index is 0.00839. The molecule has 2 aromatic rings. The van der Waals surface area contributed by atoms with Crippen LogP contribution in [0.5, 0.6) is 0 Å². The van der Waals surface area contributed by atoms with Gasteiger partial charge in [-0.25, -0.2) is 4.68 Å². The molecule has 0 saturated carbocycles. The summed E-state index contributed by atoms with van der Waals surface area (Å²) in [6.45, 7) is 3.78. The predicted octanol–water partition coefficient (Wildman–Crippen LogP) is 2.26. The van der Waals surface area contributed by atoms with Crippen LogP contribution < -0.4 is 5.32 Å². The minimum absolute atomic E-state index is 0.00839. The summed E-state index contributed by atoms with van der Waals surface area (Å²) in [5.74, 6) is 0. The average Bonchev–Trinajstić information content (AvgIpc) is 2.97. The van der Waals surface area contributed by atoms with Gasteiger partial charge in [-0.15, -0.1) is 5.10 Å². The minimum Gasteiger partial charge on any atom is -0.371 e. The van der Waals surface area contributed by atoms with E-state index in [1.807, 2.05) is 17.9 Å². The van der Waals surface area contributed by atoms with Crippen LogP contribution in [0, 0.1) is 0 Å². The first-order chi connectivity index (χ1) is 10.3. The highest BCUT2D eigenvalue weighted by atomic mass is 16.5. The van der Waals surface area contributed by atoms with Crippen molar-refractivity contribution in [2.45, 2.75) is 38.5 Å². The van der Waals surface area contributed by atoms with E-state index in [1.165, 1.54) is 11.1 Å². The average molecular weight is 286 g/mol. The van der Waals surface area contributed by atoms with Gasteiger partial charge in [-0.3, -0.25) is 0 Å². The summed E-state index contributed by atoms with van der Waals surface area (Å²) in [6, 6.07) is 8.59. The Morgan fingerprint density at radius 3 is 3.10 bits per heavy atom. The number of ether oxygens (including phenoxy) is 1. The maximum Gasteiger partial charge on any atom is 0.104 e. The molecule has 1 aromatic heterocycles. The summed E-state index contributed by atoms with van der Waals surface area (Å²) in [4.78, 5) is 0. The van der Waals surface area contributed by atoms with Gasteiger partial charge in [0.15, 0.2) is 0 Å². The Kier molecular flexibility index (Phi) is 4.31. The van der Waals surface area contributed by atoms with Crippen molar-refractivity contribution in [1.82, 2.24) is 20.3 Å². The Labute approximate surface area is 125 Å². The van der Waals surface area contributed by atoms with Gasteiger partial charge in [-0.1, -0.05) is 36.4 Å². The molecule has 0 radical (unpaired) electrons. The molecule has 0 fully saturated rings. The summed E-state index contributed by atoms with van der Waals surface area (Å²) in [5.41, 5.74) is 3.73. The summed E-state index contributed by atoms with van der Waals surface area (Å²) in [6.07, 6.45) is 3.87. The second-order valence-corrected chi connectivity index (χ2v) is 5.39. The molecule has 0 bridgehead atoms. The number of nitrogens with one attached hydrogen (secondary N) is 1. The highest BCUT2D eigenvalue weighted by molar-refractivity contribution is 5.33. The molecule has 0 amide bonds. The molecular weight excluding hydrogens is 264 g/mol. The third-order valence-electron chi connectivity index (χ3n) is 4.05. The van der Waals surface area contributed by atoms with Gasteiger partial charge in [-0.2, -0.15) is 0 Å². The number of fused-ring (bicyclic) bond motifs is 1. The maximum atomic E-state index is 6.08. The normalized spacial score (nSPS) is 19.2. The number of aromatic nitrogens is 3. The number of hydrogen-bond donors (Lipinski definition) is 1. The molecular formula is C16H22N4O. The van der Waals surface area contributed by atoms with Gasteiger partial charge < -0.3 is 10.1 Å². The van der Waals surface area contributed by atoms with Crippen molar-refractivity contribution in [2.24, 2.45) is 0 Å². The fourth-order valence-corrected chi connectivity index (χ4v) is 3.05. The van der Waals surface area contributed by atoms with E-state index in [0.717, 1.165) is 31.7 Å². The van der Waals surface area contributed by atoms with Crippen molar-refractivity contribution in [3.8, 4) is 0 Å². The van der Waals surface area contributed by atoms with Gasteiger partial charge in [0.25, 0.3) is 0 Å². The second-order valence-electron chi connectivity index (χ2n) is 5.39. The van der Waals surface area contributed by atoms with Gasteiger partial charge in [0.2, 0.25) is 0 Å². The fraction of sp³-hybridized carbons (Fsp3) is 0.500. The zero-order chi connectivity index (χ0) is 14.7. The van der Waals surface area contributed by atoms with E-state index in [-0.39, 0.29) is 12.1 Å². The van der Waals surface area contributed by atoms with Gasteiger partial charge in [-0.05, 0) is 31.0 Å². The van der Waals surface area contributed by atoms with Crippen LogP contribution in [0.1, 0.15) is 42.3 Å². The molecule has 112 valence electrons. The molecule has 5 heteroatoms. The van der Waals surface area contributed by atoms with Crippen molar-refractivity contribution >= 4 is 0 Å². The molecule has 2 heterocycles. The summed E-state index contributed by atoms with van der Waals surface area (Å²) in [7, 11) is 1.97. The van der Waals surface area contributed by atoms with Gasteiger partial charge in [0.1, 0.15) is 6.10 Å². The fourth-order valence-electron chi connectivity index (χ4n) is 3.05. The summed E-state index contributed by atoms with van der Waals surface area (Å²) >= 11 is 0. The van der Waals surface area contributed by atoms with E-state index in [1.54, 1.807) is 0 Å². The van der Waals surface area contributed by atoms with Crippen LogP contribution in [0.3, 0.4) is 0 Å². The van der Waals surface area contributed by atoms with Gasteiger partial charge in [0.05, 0.1) is 24.5 Å². The van der Waals surface area contributed by atoms with Crippen LogP contribution in [0.15, 0.2) is 30.5 Å². The zero-order valence-electron chi connectivity index (χ0n) is 12.6. The SMILES string of the molecule is CCCn1nncc1C(NC)C1OCCc2ccccc21. The molecule has 2 atom stereocenters. The predicted molar refractivity (Wildman–Crippen MR) is 81.0 cm³/mol. The van der Waals surface area contributed by atoms with E-state index >= 15 is 0 Å². The number of nitrogens with zero attached hydrogens (tertiary/aromatic N) is 3. The molecule has 1 aliphatic rings. The number of rotatable bonds is 5. The lowest BCUT2D eigenvalue weighted by Gasteiger charge is -2.32. The van der Waals surface area contributed by atoms with Gasteiger partial charge in [0, 0.05) is 6.54 Å². The highest BCUT2D eigenvalue weighted by Crippen LogP contribution is 2.36. The van der Waals surface area contributed by atoms with Crippen molar-refractivity contribution < 1.29 is 4.74 Å². The lowest BCUT2D eigenvalue weighted by atomic mass is 9.92. The van der Waals surface area contributed by atoms with Crippen molar-refractivity contribution in [3.05, 3.63) is 47.3 Å². The standard InChI is InChI=1S/C16H22N4O/c1-3-9-20-14(11-18-19-20)15(17-2)16-13-7-5-4-6-12(13)8-10-21-16/h4-7,11,15-17H,3,8-10H2,1-2H3. The monoisotopic (exact) mass is 286 g/mol. The molecule has 1 aliphatic heterocycles. The van der Waals surface area contributed by atoms with Crippen molar-refractivity contribution in [1.29, 1.82) is 0 Å². The van der Waals surface area contributed by atoms with E-state index in [2.05, 4.69) is 46.8 Å². The topological polar surface area (TPSA) is 52.0 Å². The molecule has 1 N–H and O–H groups in total. The molecule has 21 heavy (non-hydrogen) atoms. The molecule has 0 saturated heterocycles. The van der Waals surface area contributed by atoms with E-state index in [4.69, 9.17) is 4.74 Å². The van der Waals surface area contributed by atoms with Crippen LogP contribution in [-0.4, -0.2) is 28.6 Å². The number of hydrogen-bond acceptors (Lipinski definition) is 4. The third-order valence-corrected chi connectivity index (χ3v) is 4.05. The molecule has 0 spiro atoms. The maximum absolute atomic E-state index is 6.08. The Bertz CT molecular complexity index is 595. The summed E-state index contributed by atoms with van der Waals surface area (Å²) < 4.78 is 8.06. The van der Waals surface area contributed by atoms with Crippen LogP contribution in [0.25, 0.3) is 0 Å². The smallest absolute Gasteiger partial charge is 0.104 e. The molecule has 1 aromatic carbocycles. The first-order valence-corrected chi connectivity index (χ1v) is 7.60. The quantitative estimate of drug-likeness (QED) is 0.916. The first-order valence-electron chi connectivity index (χ1n) is 7.60. The summed E-state index contributed by atoms with van der Waals surface area (Å²) in [5, 5.41) is 11.7. The molecule has 5 nitrogen and oxygen atoms in total. The van der Waals surface area contributed by atoms with Crippen LogP contribution in [0.4, 0.5) is 0 Å². The lowest BCUT2D eigenvalue weighted by molar-refractivity contribution is 0.0145. The van der Waals surface area contributed by atoms with Gasteiger partial charge >= 0.3 is 0 Å². The largest absolute Gasteiger partial charge is 0.371 e. The van der Waals surface area contributed by atoms with E-state index < -0.39 is 0 Å². The first kappa shape index (κ1) is 14.2.